The first-order valence-corrected chi connectivity index (χ1v) is 12.7. The molecule has 3 aromatic carbocycles. The van der Waals surface area contributed by atoms with Crippen molar-refractivity contribution in [1.29, 1.82) is 0 Å². The number of aliphatic carboxylic acids is 1. The van der Waals surface area contributed by atoms with Crippen LogP contribution in [0.2, 0.25) is 5.02 Å². The van der Waals surface area contributed by atoms with Crippen LogP contribution in [0.25, 0.3) is 10.1 Å². The summed E-state index contributed by atoms with van der Waals surface area (Å²) < 4.78 is 21.2. The molecule has 0 saturated heterocycles. The van der Waals surface area contributed by atoms with Crippen LogP contribution in [0.3, 0.4) is 0 Å². The number of ether oxygens (including phenoxy) is 1. The molecular formula is C28H23ClFNO4S. The summed E-state index contributed by atoms with van der Waals surface area (Å²) in [4.78, 5) is 26.3. The molecule has 1 aliphatic heterocycles. The van der Waals surface area contributed by atoms with Gasteiger partial charge in [-0.2, -0.15) is 0 Å². The second-order valence-corrected chi connectivity index (χ2v) is 10.7. The number of fused-ring (bicyclic) bond motifs is 2. The fourth-order valence-corrected chi connectivity index (χ4v) is 5.60. The predicted octanol–water partition coefficient (Wildman–Crippen LogP) is 6.36. The minimum Gasteiger partial charge on any atom is -0.487 e. The molecule has 0 saturated carbocycles. The van der Waals surface area contributed by atoms with Crippen molar-refractivity contribution >= 4 is 44.9 Å². The van der Waals surface area contributed by atoms with E-state index in [0.717, 1.165) is 26.8 Å². The van der Waals surface area contributed by atoms with Crippen molar-refractivity contribution < 1.29 is 23.8 Å². The summed E-state index contributed by atoms with van der Waals surface area (Å²) in [5.41, 5.74) is 2.27. The highest BCUT2D eigenvalue weighted by atomic mass is 35.5. The smallest absolute Gasteiger partial charge is 0.323 e. The average Bonchev–Trinajstić information content (AvgIpc) is 3.42. The molecule has 0 radical (unpaired) electrons. The van der Waals surface area contributed by atoms with Gasteiger partial charge in [0.25, 0.3) is 5.91 Å². The van der Waals surface area contributed by atoms with E-state index < -0.39 is 23.9 Å². The van der Waals surface area contributed by atoms with Crippen LogP contribution in [0.1, 0.15) is 34.0 Å². The summed E-state index contributed by atoms with van der Waals surface area (Å²) in [6, 6.07) is 17.8. The van der Waals surface area contributed by atoms with E-state index in [-0.39, 0.29) is 17.5 Å². The van der Waals surface area contributed by atoms with E-state index in [4.69, 9.17) is 16.3 Å². The fourth-order valence-electron chi connectivity index (χ4n) is 4.71. The molecule has 1 aliphatic rings. The van der Waals surface area contributed by atoms with E-state index in [9.17, 15) is 19.1 Å². The number of carbonyl (C=O) groups excluding carboxylic acids is 1. The van der Waals surface area contributed by atoms with Gasteiger partial charge in [-0.15, -0.1) is 11.3 Å². The lowest BCUT2D eigenvalue weighted by molar-refractivity contribution is -0.137. The zero-order valence-corrected chi connectivity index (χ0v) is 21.0. The molecule has 36 heavy (non-hydrogen) atoms. The molecule has 0 bridgehead atoms. The first kappa shape index (κ1) is 24.3. The predicted molar refractivity (Wildman–Crippen MR) is 138 cm³/mol. The number of nitrogens with zero attached hydrogens (tertiary/aromatic N) is 1. The molecule has 1 unspecified atom stereocenters. The van der Waals surface area contributed by atoms with Crippen molar-refractivity contribution in [3.63, 3.8) is 0 Å². The topological polar surface area (TPSA) is 66.8 Å². The number of amides is 1. The summed E-state index contributed by atoms with van der Waals surface area (Å²) >= 11 is 7.43. The highest BCUT2D eigenvalue weighted by molar-refractivity contribution is 7.17. The van der Waals surface area contributed by atoms with Crippen LogP contribution in [-0.4, -0.2) is 34.0 Å². The van der Waals surface area contributed by atoms with Crippen molar-refractivity contribution in [3.8, 4) is 5.75 Å². The lowest BCUT2D eigenvalue weighted by atomic mass is 9.91. The van der Waals surface area contributed by atoms with Crippen LogP contribution < -0.4 is 4.74 Å². The van der Waals surface area contributed by atoms with E-state index >= 15 is 0 Å². The van der Waals surface area contributed by atoms with Crippen LogP contribution in [0.15, 0.2) is 66.0 Å². The number of rotatable bonds is 7. The minimum absolute atomic E-state index is 0.0730. The van der Waals surface area contributed by atoms with Gasteiger partial charge in [-0.3, -0.25) is 9.59 Å². The third kappa shape index (κ3) is 5.08. The van der Waals surface area contributed by atoms with Gasteiger partial charge in [0, 0.05) is 29.6 Å². The number of benzene rings is 3. The maximum atomic E-state index is 13.9. The zero-order chi connectivity index (χ0) is 25.4. The van der Waals surface area contributed by atoms with Crippen molar-refractivity contribution in [3.05, 3.63) is 99.1 Å². The number of hydrogen-bond acceptors (Lipinski definition) is 4. The number of halogens is 2. The van der Waals surface area contributed by atoms with Gasteiger partial charge in [0.1, 0.15) is 23.7 Å². The van der Waals surface area contributed by atoms with Crippen molar-refractivity contribution in [1.82, 2.24) is 4.90 Å². The van der Waals surface area contributed by atoms with E-state index in [1.807, 2.05) is 36.6 Å². The Bertz CT molecular complexity index is 1490. The minimum atomic E-state index is -1.08. The molecule has 0 aliphatic carbocycles. The average molecular weight is 524 g/mol. The van der Waals surface area contributed by atoms with Gasteiger partial charge in [0.15, 0.2) is 0 Å². The molecule has 1 aromatic heterocycles. The Morgan fingerprint density at radius 3 is 2.69 bits per heavy atom. The summed E-state index contributed by atoms with van der Waals surface area (Å²) in [7, 11) is 0. The fraction of sp³-hybridized carbons (Fsp3) is 0.214. The van der Waals surface area contributed by atoms with Gasteiger partial charge in [-0.25, -0.2) is 4.39 Å². The van der Waals surface area contributed by atoms with Gasteiger partial charge in [0.05, 0.1) is 5.02 Å². The third-order valence-electron chi connectivity index (χ3n) is 6.29. The molecule has 4 aromatic rings. The maximum Gasteiger partial charge on any atom is 0.323 e. The molecule has 8 heteroatoms. The number of carboxylic acids is 1. The number of carbonyl (C=O) groups is 2. The first-order chi connectivity index (χ1) is 17.2. The molecule has 0 fully saturated rings. The van der Waals surface area contributed by atoms with E-state index in [0.29, 0.717) is 24.2 Å². The molecule has 0 spiro atoms. The molecule has 5 nitrogen and oxygen atoms in total. The lowest BCUT2D eigenvalue weighted by Gasteiger charge is -2.24. The Morgan fingerprint density at radius 2 is 1.92 bits per heavy atom. The number of hydrogen-bond donors (Lipinski definition) is 1. The first-order valence-electron chi connectivity index (χ1n) is 11.4. The molecule has 1 atom stereocenters. The van der Waals surface area contributed by atoms with E-state index in [2.05, 4.69) is 0 Å². The second-order valence-electron chi connectivity index (χ2n) is 9.32. The van der Waals surface area contributed by atoms with Crippen LogP contribution in [0, 0.1) is 5.82 Å². The SMILES string of the molecule is CC1(Cc2ccc(Cl)c(F)c2)Cc2cc(C(=O)N(CC(=O)O)Cc3ccc4sccc4c3)ccc2O1. The molecular weight excluding hydrogens is 501 g/mol. The Kier molecular flexibility index (Phi) is 6.45. The van der Waals surface area contributed by atoms with Gasteiger partial charge in [-0.1, -0.05) is 23.7 Å². The highest BCUT2D eigenvalue weighted by Crippen LogP contribution is 2.38. The van der Waals surface area contributed by atoms with Crippen molar-refractivity contribution in [2.45, 2.75) is 31.9 Å². The lowest BCUT2D eigenvalue weighted by Crippen LogP contribution is -2.35. The zero-order valence-electron chi connectivity index (χ0n) is 19.5. The maximum absolute atomic E-state index is 13.9. The largest absolute Gasteiger partial charge is 0.487 e. The van der Waals surface area contributed by atoms with Gasteiger partial charge < -0.3 is 14.7 Å². The molecule has 1 amide bonds. The van der Waals surface area contributed by atoms with E-state index in [1.54, 1.807) is 35.6 Å². The Balaban J connectivity index is 1.35. The van der Waals surface area contributed by atoms with Crippen molar-refractivity contribution in [2.75, 3.05) is 6.54 Å². The molecule has 1 N–H and O–H groups in total. The quantitative estimate of drug-likeness (QED) is 0.306. The summed E-state index contributed by atoms with van der Waals surface area (Å²) in [6.45, 7) is 1.72. The Labute approximate surface area is 216 Å². The molecule has 184 valence electrons. The normalized spacial score (nSPS) is 16.5. The van der Waals surface area contributed by atoms with Crippen LogP contribution in [0.5, 0.6) is 5.75 Å². The van der Waals surface area contributed by atoms with Gasteiger partial charge >= 0.3 is 5.97 Å². The Morgan fingerprint density at radius 1 is 1.11 bits per heavy atom. The monoisotopic (exact) mass is 523 g/mol. The standard InChI is InChI=1S/C28H23ClFNO4S/c1-28(13-17-2-5-22(29)23(30)11-17)14-21-12-20(4-6-24(21)35-28)27(34)31(16-26(32)33)15-18-3-7-25-19(10-18)8-9-36-25/h2-12H,13-16H2,1H3,(H,32,33). The number of carboxylic acid groups (broad SMARTS) is 1. The van der Waals surface area contributed by atoms with Crippen LogP contribution in [0.4, 0.5) is 4.39 Å². The molecule has 5 rings (SSSR count). The molecule has 2 heterocycles. The highest BCUT2D eigenvalue weighted by Gasteiger charge is 2.36. The summed E-state index contributed by atoms with van der Waals surface area (Å²) in [5, 5.41) is 12.6. The number of thiophene rings is 1. The Hall–Kier alpha value is -3.42. The third-order valence-corrected chi connectivity index (χ3v) is 7.50. The second kappa shape index (κ2) is 9.56. The summed E-state index contributed by atoms with van der Waals surface area (Å²) in [5.74, 6) is -1.25. The van der Waals surface area contributed by atoms with Crippen molar-refractivity contribution in [2.24, 2.45) is 0 Å². The van der Waals surface area contributed by atoms with E-state index in [1.165, 1.54) is 17.0 Å². The van der Waals surface area contributed by atoms with Gasteiger partial charge in [0.2, 0.25) is 0 Å². The van der Waals surface area contributed by atoms with Crippen LogP contribution >= 0.6 is 22.9 Å². The van der Waals surface area contributed by atoms with Gasteiger partial charge in [-0.05, 0) is 82.9 Å². The summed E-state index contributed by atoms with van der Waals surface area (Å²) in [6.07, 6.45) is 0.997. The van der Waals surface area contributed by atoms with Crippen LogP contribution in [-0.2, 0) is 24.2 Å².